The second kappa shape index (κ2) is 4.56. The number of ether oxygens (including phenoxy) is 1. The molecule has 0 aromatic heterocycles. The standard InChI is InChI=1S/C16H22O/c1-5-6-8-13-9-7-10-14-15(13)12(2)11-16(3,4)17-14/h7-8,10-11H,5-6,9H2,1-4H3. The molecule has 0 bridgehead atoms. The highest BCUT2D eigenvalue weighted by atomic mass is 16.5. The summed E-state index contributed by atoms with van der Waals surface area (Å²) in [5.74, 6) is 1.05. The lowest BCUT2D eigenvalue weighted by atomic mass is 9.86. The van der Waals surface area contributed by atoms with Crippen molar-refractivity contribution in [3.8, 4) is 0 Å². The Morgan fingerprint density at radius 2 is 2.18 bits per heavy atom. The van der Waals surface area contributed by atoms with Gasteiger partial charge < -0.3 is 4.74 Å². The summed E-state index contributed by atoms with van der Waals surface area (Å²) in [6.45, 7) is 8.63. The molecule has 0 fully saturated rings. The fraction of sp³-hybridized carbons (Fsp3) is 0.500. The van der Waals surface area contributed by atoms with E-state index in [0.29, 0.717) is 0 Å². The molecule has 1 aliphatic heterocycles. The molecule has 0 atom stereocenters. The predicted molar refractivity (Wildman–Crippen MR) is 72.7 cm³/mol. The van der Waals surface area contributed by atoms with Crippen LogP contribution in [0.25, 0.3) is 0 Å². The minimum atomic E-state index is -0.180. The molecular weight excluding hydrogens is 208 g/mol. The van der Waals surface area contributed by atoms with Crippen molar-refractivity contribution in [3.63, 3.8) is 0 Å². The number of hydrogen-bond acceptors (Lipinski definition) is 1. The zero-order valence-corrected chi connectivity index (χ0v) is 11.3. The highest BCUT2D eigenvalue weighted by Gasteiger charge is 2.28. The van der Waals surface area contributed by atoms with E-state index >= 15 is 0 Å². The molecule has 0 spiro atoms. The molecule has 2 aliphatic rings. The lowest BCUT2D eigenvalue weighted by Gasteiger charge is -2.33. The third kappa shape index (κ3) is 2.54. The summed E-state index contributed by atoms with van der Waals surface area (Å²) < 4.78 is 6.03. The number of allylic oxidation sites excluding steroid dienone is 6. The van der Waals surface area contributed by atoms with Crippen LogP contribution in [0.2, 0.25) is 0 Å². The molecule has 0 aromatic carbocycles. The summed E-state index contributed by atoms with van der Waals surface area (Å²) >= 11 is 0. The Bertz CT molecular complexity index is 430. The van der Waals surface area contributed by atoms with Gasteiger partial charge in [0, 0.05) is 5.57 Å². The summed E-state index contributed by atoms with van der Waals surface area (Å²) in [5, 5.41) is 0. The number of unbranched alkanes of at least 4 members (excludes halogenated alkanes) is 1. The SMILES string of the molecule is CCCC=C1CC=CC2=C1C(C)=CC(C)(C)O2. The van der Waals surface area contributed by atoms with E-state index in [1.807, 2.05) is 0 Å². The van der Waals surface area contributed by atoms with Crippen LogP contribution in [0, 0.1) is 0 Å². The maximum Gasteiger partial charge on any atom is 0.128 e. The summed E-state index contributed by atoms with van der Waals surface area (Å²) in [5.41, 5.74) is 3.91. The molecule has 0 amide bonds. The van der Waals surface area contributed by atoms with Crippen molar-refractivity contribution in [3.05, 3.63) is 46.8 Å². The Labute approximate surface area is 105 Å². The van der Waals surface area contributed by atoms with E-state index in [1.165, 1.54) is 23.1 Å². The fourth-order valence-electron chi connectivity index (χ4n) is 2.58. The molecule has 0 radical (unpaired) electrons. The van der Waals surface area contributed by atoms with E-state index in [2.05, 4.69) is 52.0 Å². The number of rotatable bonds is 2. The van der Waals surface area contributed by atoms with Crippen LogP contribution in [0.4, 0.5) is 0 Å². The van der Waals surface area contributed by atoms with E-state index in [9.17, 15) is 0 Å². The second-order valence-electron chi connectivity index (χ2n) is 5.40. The molecule has 17 heavy (non-hydrogen) atoms. The topological polar surface area (TPSA) is 9.23 Å². The Kier molecular flexibility index (Phi) is 3.28. The minimum absolute atomic E-state index is 0.180. The Hall–Kier alpha value is -1.24. The van der Waals surface area contributed by atoms with Crippen molar-refractivity contribution >= 4 is 0 Å². The van der Waals surface area contributed by atoms with Crippen molar-refractivity contribution < 1.29 is 4.74 Å². The van der Waals surface area contributed by atoms with Gasteiger partial charge in [0.1, 0.15) is 11.4 Å². The quantitative estimate of drug-likeness (QED) is 0.669. The largest absolute Gasteiger partial charge is 0.483 e. The van der Waals surface area contributed by atoms with E-state index in [-0.39, 0.29) is 5.60 Å². The molecule has 92 valence electrons. The summed E-state index contributed by atoms with van der Waals surface area (Å²) in [7, 11) is 0. The van der Waals surface area contributed by atoms with Gasteiger partial charge in [0.05, 0.1) is 0 Å². The molecule has 0 saturated carbocycles. The second-order valence-corrected chi connectivity index (χ2v) is 5.40. The van der Waals surface area contributed by atoms with Crippen molar-refractivity contribution in [1.29, 1.82) is 0 Å². The van der Waals surface area contributed by atoms with Crippen molar-refractivity contribution in [2.24, 2.45) is 0 Å². The van der Waals surface area contributed by atoms with E-state index in [4.69, 9.17) is 4.74 Å². The van der Waals surface area contributed by atoms with Crippen LogP contribution in [0.5, 0.6) is 0 Å². The van der Waals surface area contributed by atoms with Gasteiger partial charge in [0.2, 0.25) is 0 Å². The lowest BCUT2D eigenvalue weighted by Crippen LogP contribution is -2.26. The van der Waals surface area contributed by atoms with Crippen LogP contribution in [0.3, 0.4) is 0 Å². The normalized spacial score (nSPS) is 24.5. The van der Waals surface area contributed by atoms with Crippen LogP contribution in [-0.4, -0.2) is 5.60 Å². The number of hydrogen-bond donors (Lipinski definition) is 0. The summed E-state index contributed by atoms with van der Waals surface area (Å²) in [4.78, 5) is 0. The van der Waals surface area contributed by atoms with Gasteiger partial charge in [-0.25, -0.2) is 0 Å². The van der Waals surface area contributed by atoms with E-state index < -0.39 is 0 Å². The summed E-state index contributed by atoms with van der Waals surface area (Å²) in [6, 6.07) is 0. The molecule has 1 heteroatoms. The van der Waals surface area contributed by atoms with E-state index in [0.717, 1.165) is 18.6 Å². The van der Waals surface area contributed by atoms with Gasteiger partial charge in [-0.15, -0.1) is 0 Å². The van der Waals surface area contributed by atoms with Crippen molar-refractivity contribution in [1.82, 2.24) is 0 Å². The Morgan fingerprint density at radius 1 is 1.41 bits per heavy atom. The van der Waals surface area contributed by atoms with Crippen LogP contribution in [0.15, 0.2) is 46.8 Å². The van der Waals surface area contributed by atoms with Crippen LogP contribution >= 0.6 is 0 Å². The third-order valence-corrected chi connectivity index (χ3v) is 3.19. The van der Waals surface area contributed by atoms with Gasteiger partial charge in [-0.05, 0) is 56.9 Å². The van der Waals surface area contributed by atoms with Crippen LogP contribution in [0.1, 0.15) is 47.0 Å². The molecule has 1 heterocycles. The van der Waals surface area contributed by atoms with Gasteiger partial charge in [-0.2, -0.15) is 0 Å². The first-order chi connectivity index (χ1) is 8.03. The molecule has 0 N–H and O–H groups in total. The van der Waals surface area contributed by atoms with Crippen LogP contribution in [-0.2, 0) is 4.74 Å². The zero-order valence-electron chi connectivity index (χ0n) is 11.3. The maximum absolute atomic E-state index is 6.03. The molecule has 0 aromatic rings. The van der Waals surface area contributed by atoms with Gasteiger partial charge in [0.25, 0.3) is 0 Å². The Balaban J connectivity index is 2.38. The molecule has 2 rings (SSSR count). The average Bonchev–Trinajstić information content (AvgIpc) is 2.23. The highest BCUT2D eigenvalue weighted by Crippen LogP contribution is 2.38. The Morgan fingerprint density at radius 3 is 2.88 bits per heavy atom. The van der Waals surface area contributed by atoms with Gasteiger partial charge in [-0.1, -0.05) is 25.5 Å². The smallest absolute Gasteiger partial charge is 0.128 e. The van der Waals surface area contributed by atoms with Crippen molar-refractivity contribution in [2.75, 3.05) is 0 Å². The molecule has 1 nitrogen and oxygen atoms in total. The van der Waals surface area contributed by atoms with Crippen molar-refractivity contribution in [2.45, 2.75) is 52.6 Å². The highest BCUT2D eigenvalue weighted by molar-refractivity contribution is 5.55. The lowest BCUT2D eigenvalue weighted by molar-refractivity contribution is 0.0796. The monoisotopic (exact) mass is 230 g/mol. The third-order valence-electron chi connectivity index (χ3n) is 3.19. The fourth-order valence-corrected chi connectivity index (χ4v) is 2.58. The predicted octanol–water partition coefficient (Wildman–Crippen LogP) is 4.68. The molecule has 0 unspecified atom stereocenters. The molecule has 0 saturated heterocycles. The summed E-state index contributed by atoms with van der Waals surface area (Å²) in [6.07, 6.45) is 12.3. The first-order valence-corrected chi connectivity index (χ1v) is 6.52. The van der Waals surface area contributed by atoms with Gasteiger partial charge in [-0.3, -0.25) is 0 Å². The first-order valence-electron chi connectivity index (χ1n) is 6.52. The average molecular weight is 230 g/mol. The molecular formula is C16H22O. The van der Waals surface area contributed by atoms with E-state index in [1.54, 1.807) is 0 Å². The maximum atomic E-state index is 6.03. The minimum Gasteiger partial charge on any atom is -0.483 e. The van der Waals surface area contributed by atoms with Crippen LogP contribution < -0.4 is 0 Å². The zero-order chi connectivity index (χ0) is 12.5. The molecule has 1 aliphatic carbocycles. The first kappa shape index (κ1) is 12.2. The van der Waals surface area contributed by atoms with Gasteiger partial charge >= 0.3 is 0 Å². The van der Waals surface area contributed by atoms with Gasteiger partial charge in [0.15, 0.2) is 0 Å².